The molecule has 0 saturated heterocycles. The Bertz CT molecular complexity index is 287. The molecule has 0 aromatic rings. The molecule has 0 aliphatic heterocycles. The molecule has 3 nitrogen and oxygen atoms in total. The number of hydrogen-bond acceptors (Lipinski definition) is 2. The normalized spacial score (nSPS) is 16.5. The Morgan fingerprint density at radius 3 is 2.76 bits per heavy atom. The number of rotatable bonds is 6. The van der Waals surface area contributed by atoms with Crippen molar-refractivity contribution in [1.29, 1.82) is 0 Å². The second-order valence-electron chi connectivity index (χ2n) is 4.62. The first-order chi connectivity index (χ1) is 8.11. The highest BCUT2D eigenvalue weighted by molar-refractivity contribution is 6.31. The summed E-state index contributed by atoms with van der Waals surface area (Å²) in [5, 5.41) is 3.64. The van der Waals surface area contributed by atoms with Gasteiger partial charge in [0.25, 0.3) is 0 Å². The first-order valence-electron chi connectivity index (χ1n) is 6.38. The number of carbonyl (C=O) groups is 1. The lowest BCUT2D eigenvalue weighted by molar-refractivity contribution is -0.117. The maximum Gasteiger partial charge on any atom is 0.248 e. The van der Waals surface area contributed by atoms with Crippen LogP contribution in [0.2, 0.25) is 0 Å². The van der Waals surface area contributed by atoms with Crippen LogP contribution in [0.25, 0.3) is 0 Å². The summed E-state index contributed by atoms with van der Waals surface area (Å²) >= 11 is 6.05. The van der Waals surface area contributed by atoms with Crippen molar-refractivity contribution < 1.29 is 9.53 Å². The van der Waals surface area contributed by atoms with Crippen LogP contribution in [0.3, 0.4) is 0 Å². The van der Waals surface area contributed by atoms with Crippen LogP contribution in [-0.2, 0) is 9.53 Å². The van der Waals surface area contributed by atoms with Gasteiger partial charge in [0, 0.05) is 23.8 Å². The third kappa shape index (κ3) is 5.55. The van der Waals surface area contributed by atoms with Crippen LogP contribution >= 0.6 is 11.6 Å². The molecule has 0 radical (unpaired) electrons. The zero-order valence-corrected chi connectivity index (χ0v) is 11.5. The van der Waals surface area contributed by atoms with Crippen molar-refractivity contribution in [3.05, 3.63) is 10.6 Å². The van der Waals surface area contributed by atoms with Gasteiger partial charge < -0.3 is 10.1 Å². The van der Waals surface area contributed by atoms with Crippen molar-refractivity contribution in [2.75, 3.05) is 13.2 Å². The SMILES string of the molecule is CC(C)OCCCNC(=O)C1=C(Cl)CCCC1. The highest BCUT2D eigenvalue weighted by atomic mass is 35.5. The topological polar surface area (TPSA) is 38.3 Å². The maximum atomic E-state index is 11.8. The van der Waals surface area contributed by atoms with Crippen LogP contribution in [-0.4, -0.2) is 25.2 Å². The molecule has 1 aliphatic carbocycles. The van der Waals surface area contributed by atoms with Gasteiger partial charge in [-0.2, -0.15) is 0 Å². The fourth-order valence-electron chi connectivity index (χ4n) is 1.81. The minimum atomic E-state index is -0.000697. The van der Waals surface area contributed by atoms with Gasteiger partial charge in [0.15, 0.2) is 0 Å². The van der Waals surface area contributed by atoms with Crippen LogP contribution in [0.5, 0.6) is 0 Å². The summed E-state index contributed by atoms with van der Waals surface area (Å²) in [6, 6.07) is 0. The van der Waals surface area contributed by atoms with Crippen molar-refractivity contribution in [3.8, 4) is 0 Å². The predicted molar refractivity (Wildman–Crippen MR) is 70.1 cm³/mol. The molecule has 0 spiro atoms. The molecular formula is C13H22ClNO2. The zero-order chi connectivity index (χ0) is 12.7. The van der Waals surface area contributed by atoms with Gasteiger partial charge >= 0.3 is 0 Å². The average Bonchev–Trinajstić information content (AvgIpc) is 2.28. The first kappa shape index (κ1) is 14.5. The second kappa shape index (κ2) is 7.72. The lowest BCUT2D eigenvalue weighted by atomic mass is 9.99. The Morgan fingerprint density at radius 1 is 1.41 bits per heavy atom. The number of amides is 1. The number of nitrogens with one attached hydrogen (secondary N) is 1. The van der Waals surface area contributed by atoms with E-state index in [2.05, 4.69) is 5.32 Å². The summed E-state index contributed by atoms with van der Waals surface area (Å²) in [4.78, 5) is 11.8. The van der Waals surface area contributed by atoms with Crippen molar-refractivity contribution in [2.24, 2.45) is 0 Å². The third-order valence-corrected chi connectivity index (χ3v) is 3.15. The summed E-state index contributed by atoms with van der Waals surface area (Å²) in [5.74, 6) is -0.000697. The summed E-state index contributed by atoms with van der Waals surface area (Å²) in [6.45, 7) is 5.35. The van der Waals surface area contributed by atoms with E-state index in [9.17, 15) is 4.79 Å². The van der Waals surface area contributed by atoms with E-state index in [1.807, 2.05) is 13.8 Å². The second-order valence-corrected chi connectivity index (χ2v) is 5.08. The van der Waals surface area contributed by atoms with Crippen LogP contribution in [0.1, 0.15) is 46.0 Å². The van der Waals surface area contributed by atoms with Gasteiger partial charge in [-0.3, -0.25) is 4.79 Å². The predicted octanol–water partition coefficient (Wildman–Crippen LogP) is 2.98. The van der Waals surface area contributed by atoms with Gasteiger partial charge in [-0.25, -0.2) is 0 Å². The molecule has 0 aromatic heterocycles. The van der Waals surface area contributed by atoms with Gasteiger partial charge in [-0.1, -0.05) is 11.6 Å². The molecule has 0 unspecified atom stereocenters. The van der Waals surface area contributed by atoms with Crippen LogP contribution in [0, 0.1) is 0 Å². The maximum absolute atomic E-state index is 11.8. The summed E-state index contributed by atoms with van der Waals surface area (Å²) < 4.78 is 5.40. The molecule has 0 fully saturated rings. The molecular weight excluding hydrogens is 238 g/mol. The van der Waals surface area contributed by atoms with Crippen LogP contribution in [0.15, 0.2) is 10.6 Å². The fraction of sp³-hybridized carbons (Fsp3) is 0.769. The lowest BCUT2D eigenvalue weighted by Crippen LogP contribution is -2.28. The Hall–Kier alpha value is -0.540. The number of carbonyl (C=O) groups excluding carboxylic acids is 1. The lowest BCUT2D eigenvalue weighted by Gasteiger charge is -2.15. The highest BCUT2D eigenvalue weighted by Gasteiger charge is 2.17. The fourth-order valence-corrected chi connectivity index (χ4v) is 2.12. The van der Waals surface area contributed by atoms with Crippen molar-refractivity contribution in [2.45, 2.75) is 52.1 Å². The summed E-state index contributed by atoms with van der Waals surface area (Å²) in [5.41, 5.74) is 0.780. The van der Waals surface area contributed by atoms with E-state index >= 15 is 0 Å². The molecule has 0 bridgehead atoms. The minimum Gasteiger partial charge on any atom is -0.379 e. The highest BCUT2D eigenvalue weighted by Crippen LogP contribution is 2.27. The van der Waals surface area contributed by atoms with Gasteiger partial charge in [-0.15, -0.1) is 0 Å². The monoisotopic (exact) mass is 259 g/mol. The van der Waals surface area contributed by atoms with Gasteiger partial charge in [0.2, 0.25) is 5.91 Å². The van der Waals surface area contributed by atoms with Gasteiger partial charge in [-0.05, 0) is 46.0 Å². The van der Waals surface area contributed by atoms with Gasteiger partial charge in [0.05, 0.1) is 6.10 Å². The number of halogens is 1. The number of ether oxygens (including phenoxy) is 1. The minimum absolute atomic E-state index is 0.000697. The van der Waals surface area contributed by atoms with E-state index in [1.165, 1.54) is 0 Å². The van der Waals surface area contributed by atoms with Crippen molar-refractivity contribution >= 4 is 17.5 Å². The smallest absolute Gasteiger partial charge is 0.248 e. The molecule has 98 valence electrons. The largest absolute Gasteiger partial charge is 0.379 e. The van der Waals surface area contributed by atoms with Crippen molar-refractivity contribution in [3.63, 3.8) is 0 Å². The van der Waals surface area contributed by atoms with E-state index < -0.39 is 0 Å². The van der Waals surface area contributed by atoms with Gasteiger partial charge in [0.1, 0.15) is 0 Å². The molecule has 0 heterocycles. The van der Waals surface area contributed by atoms with E-state index in [-0.39, 0.29) is 12.0 Å². The van der Waals surface area contributed by atoms with E-state index in [0.717, 1.165) is 42.7 Å². The Morgan fingerprint density at radius 2 is 2.12 bits per heavy atom. The van der Waals surface area contributed by atoms with Crippen LogP contribution in [0.4, 0.5) is 0 Å². The molecule has 0 saturated carbocycles. The first-order valence-corrected chi connectivity index (χ1v) is 6.76. The Balaban J connectivity index is 2.21. The van der Waals surface area contributed by atoms with Crippen LogP contribution < -0.4 is 5.32 Å². The molecule has 17 heavy (non-hydrogen) atoms. The molecule has 1 aliphatic rings. The standard InChI is InChI=1S/C13H22ClNO2/c1-10(2)17-9-5-8-15-13(16)11-6-3-4-7-12(11)14/h10H,3-9H2,1-2H3,(H,15,16). The molecule has 1 amide bonds. The van der Waals surface area contributed by atoms with Crippen molar-refractivity contribution in [1.82, 2.24) is 5.32 Å². The van der Waals surface area contributed by atoms with E-state index in [4.69, 9.17) is 16.3 Å². The Labute approximate surface area is 109 Å². The van der Waals surface area contributed by atoms with E-state index in [1.54, 1.807) is 0 Å². The number of allylic oxidation sites excluding steroid dienone is 1. The quantitative estimate of drug-likeness (QED) is 0.745. The zero-order valence-electron chi connectivity index (χ0n) is 10.7. The Kier molecular flexibility index (Phi) is 6.60. The molecule has 4 heteroatoms. The van der Waals surface area contributed by atoms with E-state index in [0.29, 0.717) is 13.2 Å². The molecule has 1 rings (SSSR count). The molecule has 0 atom stereocenters. The molecule has 0 aromatic carbocycles. The third-order valence-electron chi connectivity index (χ3n) is 2.73. The summed E-state index contributed by atoms with van der Waals surface area (Å²) in [7, 11) is 0. The molecule has 1 N–H and O–H groups in total. The average molecular weight is 260 g/mol. The number of hydrogen-bond donors (Lipinski definition) is 1. The summed E-state index contributed by atoms with van der Waals surface area (Å²) in [6.07, 6.45) is 4.91.